The Hall–Kier alpha value is -2.65. The van der Waals surface area contributed by atoms with Crippen molar-refractivity contribution in [3.63, 3.8) is 0 Å². The van der Waals surface area contributed by atoms with E-state index in [-0.39, 0.29) is 23.2 Å². The molecule has 3 rings (SSSR count). The molecule has 6 nitrogen and oxygen atoms in total. The summed E-state index contributed by atoms with van der Waals surface area (Å²) in [6.07, 6.45) is 0.437. The zero-order valence-electron chi connectivity index (χ0n) is 15.5. The highest BCUT2D eigenvalue weighted by atomic mass is 35.5. The molecule has 1 aliphatic heterocycles. The second-order valence-corrected chi connectivity index (χ2v) is 7.98. The molecule has 1 N–H and O–H groups in total. The Morgan fingerprint density at radius 3 is 2.50 bits per heavy atom. The number of amidine groups is 1. The van der Waals surface area contributed by atoms with Crippen LogP contribution in [0.2, 0.25) is 0 Å². The summed E-state index contributed by atoms with van der Waals surface area (Å²) in [5, 5.41) is 8.63. The molecular weight excluding hydrogens is 438 g/mol. The Bertz CT molecular complexity index is 936. The van der Waals surface area contributed by atoms with Gasteiger partial charge in [-0.1, -0.05) is 42.1 Å². The number of nitrogens with zero attached hydrogens (tertiary/aromatic N) is 2. The van der Waals surface area contributed by atoms with Crippen molar-refractivity contribution in [1.82, 2.24) is 4.90 Å². The summed E-state index contributed by atoms with van der Waals surface area (Å²) in [7, 11) is 0. The molecule has 1 amide bonds. The van der Waals surface area contributed by atoms with Gasteiger partial charge in [-0.05, 0) is 36.2 Å². The molecule has 2 aromatic carbocycles. The molecule has 0 radical (unpaired) electrons. The van der Waals surface area contributed by atoms with Crippen LogP contribution >= 0.6 is 23.4 Å². The van der Waals surface area contributed by atoms with Crippen molar-refractivity contribution in [3.8, 4) is 5.75 Å². The largest absolute Gasteiger partial charge is 0.487 e. The van der Waals surface area contributed by atoms with Gasteiger partial charge in [0.2, 0.25) is 5.91 Å². The zero-order chi connectivity index (χ0) is 21.7. The van der Waals surface area contributed by atoms with Crippen molar-refractivity contribution < 1.29 is 28.2 Å². The average molecular weight is 455 g/mol. The van der Waals surface area contributed by atoms with Crippen LogP contribution in [0.15, 0.2) is 59.6 Å². The third kappa shape index (κ3) is 6.17. The summed E-state index contributed by atoms with van der Waals surface area (Å²) < 4.78 is 29.7. The fraction of sp³-hybridized carbons (Fsp3) is 0.250. The third-order valence-electron chi connectivity index (χ3n) is 4.18. The predicted octanol–water partition coefficient (Wildman–Crippen LogP) is 4.50. The van der Waals surface area contributed by atoms with E-state index in [1.165, 1.54) is 29.2 Å². The molecule has 1 atom stereocenters. The smallest absolute Gasteiger partial charge is 0.480 e. The fourth-order valence-electron chi connectivity index (χ4n) is 2.77. The summed E-state index contributed by atoms with van der Waals surface area (Å²) in [4.78, 5) is 29.8. The SMILES string of the molecule is O=C(O)[C@H]1CC(=O)N(CCc2ccccc2)C(=Nc2ccc(OC(F)(F)Cl)cc2)S1. The summed E-state index contributed by atoms with van der Waals surface area (Å²) in [6, 6.07) is 14.9. The number of aliphatic imine (C=N–C) groups is 1. The molecule has 0 aromatic heterocycles. The molecule has 1 saturated heterocycles. The van der Waals surface area contributed by atoms with Crippen LogP contribution in [0.4, 0.5) is 14.5 Å². The molecule has 2 aromatic rings. The van der Waals surface area contributed by atoms with Crippen LogP contribution in [-0.4, -0.2) is 44.4 Å². The van der Waals surface area contributed by atoms with Crippen molar-refractivity contribution >= 4 is 46.1 Å². The van der Waals surface area contributed by atoms with Gasteiger partial charge in [0.25, 0.3) is 0 Å². The maximum absolute atomic E-state index is 12.7. The molecule has 0 saturated carbocycles. The number of halogens is 3. The normalized spacial score (nSPS) is 18.5. The molecule has 1 aliphatic rings. The zero-order valence-corrected chi connectivity index (χ0v) is 17.1. The Balaban J connectivity index is 1.81. The highest BCUT2D eigenvalue weighted by Gasteiger charge is 2.35. The standard InChI is InChI=1S/C20H17ClF2N2O4S/c21-20(22,23)29-15-8-6-14(7-9-15)24-19-25(11-10-13-4-2-1-3-5-13)17(26)12-16(30-19)18(27)28/h1-9,16H,10-12H2,(H,27,28)/t16-/m1/s1. The van der Waals surface area contributed by atoms with Crippen molar-refractivity contribution in [2.45, 2.75) is 23.7 Å². The van der Waals surface area contributed by atoms with Gasteiger partial charge in [0.05, 0.1) is 12.1 Å². The molecule has 1 fully saturated rings. The van der Waals surface area contributed by atoms with Gasteiger partial charge in [-0.25, -0.2) is 4.99 Å². The number of carboxylic acid groups (broad SMARTS) is 1. The van der Waals surface area contributed by atoms with E-state index in [0.29, 0.717) is 18.7 Å². The minimum absolute atomic E-state index is 0.134. The van der Waals surface area contributed by atoms with E-state index >= 15 is 0 Å². The first-order valence-corrected chi connectivity index (χ1v) is 10.2. The number of hydrogen-bond acceptors (Lipinski definition) is 5. The summed E-state index contributed by atoms with van der Waals surface area (Å²) in [6.45, 7) is 0.334. The second-order valence-electron chi connectivity index (χ2n) is 6.37. The molecule has 0 bridgehead atoms. The van der Waals surface area contributed by atoms with Gasteiger partial charge in [-0.2, -0.15) is 0 Å². The van der Waals surface area contributed by atoms with Crippen LogP contribution in [0, 0.1) is 0 Å². The quantitative estimate of drug-likeness (QED) is 0.623. The Labute approximate surface area is 180 Å². The number of thioether (sulfide) groups is 1. The summed E-state index contributed by atoms with van der Waals surface area (Å²) >= 11 is 5.72. The van der Waals surface area contributed by atoms with Crippen molar-refractivity contribution in [3.05, 3.63) is 60.2 Å². The topological polar surface area (TPSA) is 79.2 Å². The van der Waals surface area contributed by atoms with E-state index in [1.807, 2.05) is 30.3 Å². The minimum Gasteiger partial charge on any atom is -0.480 e. The first-order valence-electron chi connectivity index (χ1n) is 8.89. The number of carboxylic acids is 1. The summed E-state index contributed by atoms with van der Waals surface area (Å²) in [5.41, 5.74) is -2.45. The number of carbonyl (C=O) groups is 2. The predicted molar refractivity (Wildman–Crippen MR) is 110 cm³/mol. The molecule has 158 valence electrons. The van der Waals surface area contributed by atoms with Crippen LogP contribution in [0.25, 0.3) is 0 Å². The Morgan fingerprint density at radius 2 is 1.90 bits per heavy atom. The minimum atomic E-state index is -3.83. The molecular formula is C20H17ClF2N2O4S. The average Bonchev–Trinajstić information content (AvgIpc) is 2.68. The first-order chi connectivity index (χ1) is 14.2. The molecule has 0 unspecified atom stereocenters. The van der Waals surface area contributed by atoms with Gasteiger partial charge in [-0.3, -0.25) is 14.5 Å². The highest BCUT2D eigenvalue weighted by molar-refractivity contribution is 8.15. The van der Waals surface area contributed by atoms with Crippen molar-refractivity contribution in [2.75, 3.05) is 6.54 Å². The highest BCUT2D eigenvalue weighted by Crippen LogP contribution is 2.31. The van der Waals surface area contributed by atoms with Crippen molar-refractivity contribution in [2.24, 2.45) is 4.99 Å². The Morgan fingerprint density at radius 1 is 1.23 bits per heavy atom. The lowest BCUT2D eigenvalue weighted by atomic mass is 10.1. The monoisotopic (exact) mass is 454 g/mol. The molecule has 10 heteroatoms. The Kier molecular flexibility index (Phi) is 6.94. The van der Waals surface area contributed by atoms with Crippen molar-refractivity contribution in [1.29, 1.82) is 0 Å². The number of hydrogen-bond donors (Lipinski definition) is 1. The number of ether oxygens (including phenoxy) is 1. The van der Waals surface area contributed by atoms with Gasteiger partial charge in [0.1, 0.15) is 11.0 Å². The third-order valence-corrected chi connectivity index (χ3v) is 5.43. The van der Waals surface area contributed by atoms with Crippen LogP contribution < -0.4 is 4.74 Å². The van der Waals surface area contributed by atoms with E-state index in [2.05, 4.69) is 9.73 Å². The number of rotatable bonds is 7. The fourth-order valence-corrected chi connectivity index (χ4v) is 3.92. The first kappa shape index (κ1) is 22.0. The van der Waals surface area contributed by atoms with E-state index < -0.39 is 16.8 Å². The van der Waals surface area contributed by atoms with Gasteiger partial charge < -0.3 is 9.84 Å². The number of benzene rings is 2. The number of alkyl halides is 3. The van der Waals surface area contributed by atoms with E-state index in [0.717, 1.165) is 17.3 Å². The molecule has 30 heavy (non-hydrogen) atoms. The molecule has 1 heterocycles. The molecule has 0 spiro atoms. The van der Waals surface area contributed by atoms with E-state index in [4.69, 9.17) is 11.6 Å². The van der Waals surface area contributed by atoms with E-state index in [9.17, 15) is 23.5 Å². The van der Waals surface area contributed by atoms with Gasteiger partial charge in [0.15, 0.2) is 5.17 Å². The van der Waals surface area contributed by atoms with Crippen LogP contribution in [-0.2, 0) is 16.0 Å². The van der Waals surface area contributed by atoms with Gasteiger partial charge in [0, 0.05) is 18.1 Å². The van der Waals surface area contributed by atoms with Gasteiger partial charge >= 0.3 is 11.5 Å². The lowest BCUT2D eigenvalue weighted by Gasteiger charge is -2.30. The van der Waals surface area contributed by atoms with E-state index in [1.54, 1.807) is 0 Å². The number of amides is 1. The second kappa shape index (κ2) is 9.44. The summed E-state index contributed by atoms with van der Waals surface area (Å²) in [5.74, 6) is -1.59. The number of carbonyl (C=O) groups excluding carboxylic acids is 1. The van der Waals surface area contributed by atoms with Crippen LogP contribution in [0.3, 0.4) is 0 Å². The lowest BCUT2D eigenvalue weighted by Crippen LogP contribution is -2.44. The maximum atomic E-state index is 12.7. The van der Waals surface area contributed by atoms with Crippen LogP contribution in [0.5, 0.6) is 5.75 Å². The maximum Gasteiger partial charge on any atom is 0.487 e. The van der Waals surface area contributed by atoms with Gasteiger partial charge in [-0.15, -0.1) is 8.78 Å². The number of aliphatic carboxylic acids is 1. The molecule has 0 aliphatic carbocycles. The van der Waals surface area contributed by atoms with Crippen LogP contribution in [0.1, 0.15) is 12.0 Å². The lowest BCUT2D eigenvalue weighted by molar-refractivity contribution is -0.139.